The summed E-state index contributed by atoms with van der Waals surface area (Å²) in [6.07, 6.45) is 3.77. The molecular weight excluding hydrogens is 369 g/mol. The molecule has 0 rings (SSSR count). The Hall–Kier alpha value is 1.41. The first kappa shape index (κ1) is 20.4. The largest absolute Gasteiger partial charge is 0.160 e. The second kappa shape index (κ2) is 15.8. The third-order valence-corrected chi connectivity index (χ3v) is 8.43. The molecule has 0 bridgehead atoms. The SMILES string of the molecule is C=CCSC(=S)SCCSCCSC(=S)SCC=C. The van der Waals surface area contributed by atoms with Gasteiger partial charge in [-0.25, -0.2) is 0 Å². The van der Waals surface area contributed by atoms with Gasteiger partial charge >= 0.3 is 0 Å². The fraction of sp³-hybridized carbons (Fsp3) is 0.500. The minimum Gasteiger partial charge on any atom is -0.160 e. The molecule has 0 fully saturated rings. The van der Waals surface area contributed by atoms with E-state index in [0.717, 1.165) is 41.6 Å². The summed E-state index contributed by atoms with van der Waals surface area (Å²) in [5.41, 5.74) is 0. The molecule has 19 heavy (non-hydrogen) atoms. The van der Waals surface area contributed by atoms with E-state index in [4.69, 9.17) is 24.4 Å². The lowest BCUT2D eigenvalue weighted by molar-refractivity contribution is 1.50. The van der Waals surface area contributed by atoms with Crippen molar-refractivity contribution in [2.75, 3.05) is 34.5 Å². The maximum absolute atomic E-state index is 5.23. The average molecular weight is 387 g/mol. The van der Waals surface area contributed by atoms with Gasteiger partial charge in [-0.3, -0.25) is 0 Å². The molecule has 0 atom stereocenters. The third kappa shape index (κ3) is 15.6. The van der Waals surface area contributed by atoms with Gasteiger partial charge < -0.3 is 0 Å². The van der Waals surface area contributed by atoms with E-state index in [2.05, 4.69) is 13.2 Å². The molecule has 0 amide bonds. The second-order valence-corrected chi connectivity index (χ2v) is 10.9. The summed E-state index contributed by atoms with van der Waals surface area (Å²) in [5.74, 6) is 6.30. The molecule has 0 heterocycles. The quantitative estimate of drug-likeness (QED) is 0.269. The van der Waals surface area contributed by atoms with Gasteiger partial charge in [0.25, 0.3) is 0 Å². The summed E-state index contributed by atoms with van der Waals surface area (Å²) in [6.45, 7) is 7.36. The van der Waals surface area contributed by atoms with Crippen molar-refractivity contribution in [3.63, 3.8) is 0 Å². The van der Waals surface area contributed by atoms with Gasteiger partial charge in [0.05, 0.1) is 0 Å². The number of hydrogen-bond acceptors (Lipinski definition) is 7. The Morgan fingerprint density at radius 1 is 0.737 bits per heavy atom. The van der Waals surface area contributed by atoms with Crippen LogP contribution in [0.2, 0.25) is 0 Å². The fourth-order valence-electron chi connectivity index (χ4n) is 0.807. The van der Waals surface area contributed by atoms with Crippen molar-refractivity contribution in [2.24, 2.45) is 0 Å². The first-order chi connectivity index (χ1) is 9.20. The van der Waals surface area contributed by atoms with Gasteiger partial charge in [0.15, 0.2) is 0 Å². The van der Waals surface area contributed by atoms with Crippen LogP contribution >= 0.6 is 83.2 Å². The number of thiocarbonyl (C=S) groups is 2. The molecule has 0 radical (unpaired) electrons. The molecule has 108 valence electrons. The van der Waals surface area contributed by atoms with Gasteiger partial charge in [-0.15, -0.1) is 60.2 Å². The molecule has 0 aromatic carbocycles. The van der Waals surface area contributed by atoms with Gasteiger partial charge in [0.2, 0.25) is 0 Å². The van der Waals surface area contributed by atoms with E-state index in [9.17, 15) is 0 Å². The van der Waals surface area contributed by atoms with Crippen molar-refractivity contribution < 1.29 is 0 Å². The molecule has 0 unspecified atom stereocenters. The van der Waals surface area contributed by atoms with Gasteiger partial charge in [-0.2, -0.15) is 11.8 Å². The van der Waals surface area contributed by atoms with Crippen LogP contribution in [0.3, 0.4) is 0 Å². The molecule has 0 saturated carbocycles. The lowest BCUT2D eigenvalue weighted by Gasteiger charge is -2.03. The standard InChI is InChI=1S/C12H18S7/c1-3-5-16-11(13)18-9-7-15-8-10-19-12(14)17-6-4-2/h3-4H,1-2,5-10H2. The Balaban J connectivity index is 3.26. The molecule has 0 saturated heterocycles. The normalized spacial score (nSPS) is 10.1. The van der Waals surface area contributed by atoms with Crippen LogP contribution in [0.5, 0.6) is 0 Å². The van der Waals surface area contributed by atoms with Crippen LogP contribution in [-0.4, -0.2) is 41.6 Å². The van der Waals surface area contributed by atoms with E-state index >= 15 is 0 Å². The van der Waals surface area contributed by atoms with Gasteiger partial charge in [-0.05, 0) is 0 Å². The summed E-state index contributed by atoms with van der Waals surface area (Å²) < 4.78 is 2.05. The molecule has 0 aliphatic carbocycles. The third-order valence-electron chi connectivity index (χ3n) is 1.53. The molecule has 0 nitrogen and oxygen atoms in total. The van der Waals surface area contributed by atoms with Crippen molar-refractivity contribution in [1.29, 1.82) is 0 Å². The number of thioether (sulfide) groups is 5. The first-order valence-electron chi connectivity index (χ1n) is 5.59. The second-order valence-electron chi connectivity index (χ2n) is 3.01. The smallest absolute Gasteiger partial charge is 0.104 e. The summed E-state index contributed by atoms with van der Waals surface area (Å²) in [5, 5.41) is 0. The zero-order chi connectivity index (χ0) is 14.3. The average Bonchev–Trinajstić information content (AvgIpc) is 2.41. The summed E-state index contributed by atoms with van der Waals surface area (Å²) in [6, 6.07) is 0. The van der Waals surface area contributed by atoms with Crippen molar-refractivity contribution in [3.8, 4) is 0 Å². The van der Waals surface area contributed by atoms with E-state index < -0.39 is 0 Å². The zero-order valence-electron chi connectivity index (χ0n) is 10.7. The molecule has 0 N–H and O–H groups in total. The topological polar surface area (TPSA) is 0 Å². The van der Waals surface area contributed by atoms with Gasteiger partial charge in [-0.1, -0.05) is 36.6 Å². The van der Waals surface area contributed by atoms with Crippen LogP contribution < -0.4 is 0 Å². The lowest BCUT2D eigenvalue weighted by Crippen LogP contribution is -1.93. The zero-order valence-corrected chi connectivity index (χ0v) is 16.4. The Bertz CT molecular complexity index is 260. The summed E-state index contributed by atoms with van der Waals surface area (Å²) in [7, 11) is 0. The van der Waals surface area contributed by atoms with Crippen LogP contribution in [0, 0.1) is 0 Å². The van der Waals surface area contributed by atoms with Gasteiger partial charge in [0.1, 0.15) is 7.06 Å². The number of rotatable bonds is 10. The molecule has 0 aromatic rings. The van der Waals surface area contributed by atoms with E-state index in [-0.39, 0.29) is 0 Å². The van der Waals surface area contributed by atoms with Crippen molar-refractivity contribution in [2.45, 2.75) is 0 Å². The summed E-state index contributed by atoms with van der Waals surface area (Å²) in [4.78, 5) is 0. The predicted molar refractivity (Wildman–Crippen MR) is 113 cm³/mol. The van der Waals surface area contributed by atoms with Crippen LogP contribution in [0.1, 0.15) is 0 Å². The fourth-order valence-corrected chi connectivity index (χ4v) is 5.95. The minimum atomic E-state index is 0.912. The predicted octanol–water partition coefficient (Wildman–Crippen LogP) is 5.59. The Morgan fingerprint density at radius 3 is 1.53 bits per heavy atom. The van der Waals surface area contributed by atoms with Crippen molar-refractivity contribution in [1.82, 2.24) is 0 Å². The number of hydrogen-bond donors (Lipinski definition) is 0. The minimum absolute atomic E-state index is 0.912. The van der Waals surface area contributed by atoms with Crippen molar-refractivity contribution in [3.05, 3.63) is 25.3 Å². The molecule has 0 aliphatic rings. The van der Waals surface area contributed by atoms with E-state index in [1.165, 1.54) is 0 Å². The monoisotopic (exact) mass is 386 g/mol. The maximum Gasteiger partial charge on any atom is 0.104 e. The highest BCUT2D eigenvalue weighted by Crippen LogP contribution is 2.20. The molecular formula is C12H18S7. The van der Waals surface area contributed by atoms with Crippen LogP contribution in [0.25, 0.3) is 0 Å². The Labute approximate surface area is 149 Å². The van der Waals surface area contributed by atoms with Crippen molar-refractivity contribution >= 4 is 90.3 Å². The van der Waals surface area contributed by atoms with E-state index in [1.807, 2.05) is 23.9 Å². The molecule has 7 heteroatoms. The first-order valence-corrected chi connectivity index (χ1v) is 11.5. The van der Waals surface area contributed by atoms with Gasteiger partial charge in [0, 0.05) is 34.5 Å². The van der Waals surface area contributed by atoms with Crippen LogP contribution in [-0.2, 0) is 0 Å². The van der Waals surface area contributed by atoms with E-state index in [0.29, 0.717) is 0 Å². The molecule has 0 aromatic heterocycles. The van der Waals surface area contributed by atoms with Crippen LogP contribution in [0.15, 0.2) is 25.3 Å². The van der Waals surface area contributed by atoms with Crippen LogP contribution in [0.4, 0.5) is 0 Å². The summed E-state index contributed by atoms with van der Waals surface area (Å²) >= 11 is 19.4. The maximum atomic E-state index is 5.23. The Kier molecular flexibility index (Phi) is 17.0. The lowest BCUT2D eigenvalue weighted by atomic mass is 10.8. The highest BCUT2D eigenvalue weighted by atomic mass is 32.2. The van der Waals surface area contributed by atoms with E-state index in [1.54, 1.807) is 47.0 Å². The molecule has 0 spiro atoms. The molecule has 0 aliphatic heterocycles. The Morgan fingerprint density at radius 2 is 1.16 bits per heavy atom. The highest BCUT2D eigenvalue weighted by Gasteiger charge is 1.99. The highest BCUT2D eigenvalue weighted by molar-refractivity contribution is 8.47.